The minimum absolute atomic E-state index is 0.0114. The number of carbonyl (C=O) groups excluding carboxylic acids is 2. The molecule has 0 saturated heterocycles. The number of nitrogens with one attached hydrogen (secondary N) is 2. The predicted octanol–water partition coefficient (Wildman–Crippen LogP) is 1.50. The summed E-state index contributed by atoms with van der Waals surface area (Å²) in [6.45, 7) is 1.75. The average molecular weight is 332 g/mol. The summed E-state index contributed by atoms with van der Waals surface area (Å²) in [6.07, 6.45) is 1.89. The minimum atomic E-state index is -0.839. The van der Waals surface area contributed by atoms with E-state index in [1.165, 1.54) is 24.3 Å². The highest BCUT2D eigenvalue weighted by molar-refractivity contribution is 5.92. The molecule has 1 saturated carbocycles. The van der Waals surface area contributed by atoms with Crippen LogP contribution in [-0.2, 0) is 9.59 Å². The predicted molar refractivity (Wildman–Crippen MR) is 87.4 cm³/mol. The lowest BCUT2D eigenvalue weighted by molar-refractivity contribution is -0.124. The van der Waals surface area contributed by atoms with Gasteiger partial charge in [-0.25, -0.2) is 4.39 Å². The van der Waals surface area contributed by atoms with Crippen LogP contribution in [0.3, 0.4) is 0 Å². The molecular weight excluding hydrogens is 311 g/mol. The topological polar surface area (TPSA) is 85.2 Å². The number of nitriles is 1. The quantitative estimate of drug-likeness (QED) is 0.792. The van der Waals surface area contributed by atoms with Crippen LogP contribution >= 0.6 is 0 Å². The SMILES string of the molecule is CN(CC(=O)Nc1ccc(F)cc1)CC(=O)N[C@@](C)(C#N)C1CC1. The Hall–Kier alpha value is -2.46. The van der Waals surface area contributed by atoms with Gasteiger partial charge in [0.15, 0.2) is 0 Å². The third-order valence-electron chi connectivity index (χ3n) is 3.98. The lowest BCUT2D eigenvalue weighted by Crippen LogP contribution is -2.50. The molecule has 0 heterocycles. The number of rotatable bonds is 7. The normalized spacial score (nSPS) is 16.1. The van der Waals surface area contributed by atoms with Crippen molar-refractivity contribution in [2.24, 2.45) is 5.92 Å². The van der Waals surface area contributed by atoms with Gasteiger partial charge in [-0.3, -0.25) is 14.5 Å². The van der Waals surface area contributed by atoms with Crippen LogP contribution in [0.5, 0.6) is 0 Å². The van der Waals surface area contributed by atoms with E-state index in [1.54, 1.807) is 18.9 Å². The van der Waals surface area contributed by atoms with Crippen molar-refractivity contribution >= 4 is 17.5 Å². The summed E-state index contributed by atoms with van der Waals surface area (Å²) in [6, 6.07) is 7.61. The standard InChI is InChI=1S/C17H21FN4O2/c1-17(11-19,12-3-4-12)21-16(24)10-22(2)9-15(23)20-14-7-5-13(18)6-8-14/h5-8,12H,3-4,9-10H2,1-2H3,(H,20,23)(H,21,24)/t17-/m0/s1. The molecule has 1 atom stereocenters. The Bertz CT molecular complexity index is 652. The molecule has 0 bridgehead atoms. The van der Waals surface area contributed by atoms with E-state index in [0.717, 1.165) is 12.8 Å². The molecule has 6 nitrogen and oxygen atoms in total. The van der Waals surface area contributed by atoms with E-state index < -0.39 is 5.54 Å². The Morgan fingerprint density at radius 1 is 1.29 bits per heavy atom. The van der Waals surface area contributed by atoms with Crippen molar-refractivity contribution in [1.29, 1.82) is 5.26 Å². The largest absolute Gasteiger partial charge is 0.337 e. The fourth-order valence-corrected chi connectivity index (χ4v) is 2.49. The molecule has 1 aromatic rings. The third kappa shape index (κ3) is 5.03. The highest BCUT2D eigenvalue weighted by Gasteiger charge is 2.43. The molecule has 0 radical (unpaired) electrons. The highest BCUT2D eigenvalue weighted by atomic mass is 19.1. The van der Waals surface area contributed by atoms with Gasteiger partial charge in [-0.15, -0.1) is 0 Å². The number of likely N-dealkylation sites (N-methyl/N-ethyl adjacent to an activating group) is 1. The van der Waals surface area contributed by atoms with E-state index in [2.05, 4.69) is 16.7 Å². The number of hydrogen-bond donors (Lipinski definition) is 2. The smallest absolute Gasteiger partial charge is 0.238 e. The lowest BCUT2D eigenvalue weighted by atomic mass is 9.98. The summed E-state index contributed by atoms with van der Waals surface area (Å²) in [7, 11) is 1.64. The van der Waals surface area contributed by atoms with Crippen LogP contribution < -0.4 is 10.6 Å². The van der Waals surface area contributed by atoms with E-state index in [9.17, 15) is 19.2 Å². The number of anilines is 1. The van der Waals surface area contributed by atoms with Gasteiger partial charge in [0.2, 0.25) is 11.8 Å². The molecule has 1 aliphatic carbocycles. The zero-order valence-electron chi connectivity index (χ0n) is 13.8. The second kappa shape index (κ2) is 7.41. The number of carbonyl (C=O) groups is 2. The summed E-state index contributed by atoms with van der Waals surface area (Å²) < 4.78 is 12.8. The summed E-state index contributed by atoms with van der Waals surface area (Å²) in [5.74, 6) is -0.762. The van der Waals surface area contributed by atoms with Crippen molar-refractivity contribution in [2.75, 3.05) is 25.5 Å². The number of benzene rings is 1. The first-order valence-corrected chi connectivity index (χ1v) is 7.78. The molecule has 2 N–H and O–H groups in total. The third-order valence-corrected chi connectivity index (χ3v) is 3.98. The Balaban J connectivity index is 1.78. The molecule has 24 heavy (non-hydrogen) atoms. The van der Waals surface area contributed by atoms with Gasteiger partial charge in [-0.2, -0.15) is 5.26 Å². The molecular formula is C17H21FN4O2. The maximum Gasteiger partial charge on any atom is 0.238 e. The van der Waals surface area contributed by atoms with Crippen molar-refractivity contribution in [3.63, 3.8) is 0 Å². The first-order chi connectivity index (χ1) is 11.3. The van der Waals surface area contributed by atoms with Crippen molar-refractivity contribution in [1.82, 2.24) is 10.2 Å². The molecule has 0 unspecified atom stereocenters. The van der Waals surface area contributed by atoms with Crippen LogP contribution in [0.25, 0.3) is 0 Å². The summed E-state index contributed by atoms with van der Waals surface area (Å²) >= 11 is 0. The molecule has 1 aliphatic rings. The molecule has 0 aromatic heterocycles. The van der Waals surface area contributed by atoms with Crippen LogP contribution in [0.2, 0.25) is 0 Å². The number of amides is 2. The molecule has 2 rings (SSSR count). The van der Waals surface area contributed by atoms with Gasteiger partial charge in [0, 0.05) is 5.69 Å². The van der Waals surface area contributed by atoms with Gasteiger partial charge in [-0.05, 0) is 57.0 Å². The second-order valence-electron chi connectivity index (χ2n) is 6.36. The zero-order chi connectivity index (χ0) is 17.7. The molecule has 1 fully saturated rings. The van der Waals surface area contributed by atoms with Crippen molar-refractivity contribution in [3.05, 3.63) is 30.1 Å². The van der Waals surface area contributed by atoms with Crippen LogP contribution in [0.15, 0.2) is 24.3 Å². The fourth-order valence-electron chi connectivity index (χ4n) is 2.49. The van der Waals surface area contributed by atoms with Gasteiger partial charge < -0.3 is 10.6 Å². The number of hydrogen-bond acceptors (Lipinski definition) is 4. The molecule has 0 aliphatic heterocycles. The maximum atomic E-state index is 12.8. The minimum Gasteiger partial charge on any atom is -0.337 e. The van der Waals surface area contributed by atoms with E-state index in [0.29, 0.717) is 5.69 Å². The van der Waals surface area contributed by atoms with Crippen LogP contribution in [0.4, 0.5) is 10.1 Å². The Kier molecular flexibility index (Phi) is 5.52. The van der Waals surface area contributed by atoms with Crippen LogP contribution in [0, 0.1) is 23.1 Å². The van der Waals surface area contributed by atoms with E-state index in [1.807, 2.05) is 0 Å². The Morgan fingerprint density at radius 3 is 2.42 bits per heavy atom. The van der Waals surface area contributed by atoms with Gasteiger partial charge >= 0.3 is 0 Å². The summed E-state index contributed by atoms with van der Waals surface area (Å²) in [5.41, 5.74) is -0.348. The number of halogens is 1. The van der Waals surface area contributed by atoms with Crippen LogP contribution in [0.1, 0.15) is 19.8 Å². The summed E-state index contributed by atoms with van der Waals surface area (Å²) in [5, 5.41) is 14.6. The first kappa shape index (κ1) is 17.9. The molecule has 7 heteroatoms. The van der Waals surface area contributed by atoms with Crippen molar-refractivity contribution in [2.45, 2.75) is 25.3 Å². The number of nitrogens with zero attached hydrogens (tertiary/aromatic N) is 2. The second-order valence-corrected chi connectivity index (χ2v) is 6.36. The van der Waals surface area contributed by atoms with Gasteiger partial charge in [0.05, 0.1) is 19.2 Å². The lowest BCUT2D eigenvalue weighted by Gasteiger charge is -2.24. The molecule has 2 amide bonds. The van der Waals surface area contributed by atoms with E-state index in [4.69, 9.17) is 0 Å². The molecule has 128 valence electrons. The fraction of sp³-hybridized carbons (Fsp3) is 0.471. The highest BCUT2D eigenvalue weighted by Crippen LogP contribution is 2.39. The van der Waals surface area contributed by atoms with Crippen LogP contribution in [-0.4, -0.2) is 42.4 Å². The molecule has 1 aromatic carbocycles. The van der Waals surface area contributed by atoms with E-state index >= 15 is 0 Å². The van der Waals surface area contributed by atoms with Gasteiger partial charge in [-0.1, -0.05) is 0 Å². The van der Waals surface area contributed by atoms with Crippen molar-refractivity contribution < 1.29 is 14.0 Å². The Morgan fingerprint density at radius 2 is 1.88 bits per heavy atom. The van der Waals surface area contributed by atoms with Gasteiger partial charge in [0.25, 0.3) is 0 Å². The summed E-state index contributed by atoms with van der Waals surface area (Å²) in [4.78, 5) is 25.5. The first-order valence-electron chi connectivity index (χ1n) is 7.78. The van der Waals surface area contributed by atoms with E-state index in [-0.39, 0.29) is 36.6 Å². The monoisotopic (exact) mass is 332 g/mol. The van der Waals surface area contributed by atoms with Crippen molar-refractivity contribution in [3.8, 4) is 6.07 Å². The zero-order valence-corrected chi connectivity index (χ0v) is 13.8. The average Bonchev–Trinajstić information content (AvgIpc) is 3.34. The van der Waals surface area contributed by atoms with Gasteiger partial charge in [0.1, 0.15) is 11.4 Å². The Labute approximate surface area is 140 Å². The maximum absolute atomic E-state index is 12.8. The molecule has 0 spiro atoms.